The molecule has 1 N–H and O–H groups in total. The summed E-state index contributed by atoms with van der Waals surface area (Å²) < 4.78 is 0. The van der Waals surface area contributed by atoms with E-state index in [1.54, 1.807) is 0 Å². The molecule has 88 valence electrons. The van der Waals surface area contributed by atoms with Crippen LogP contribution in [0.15, 0.2) is 0 Å². The van der Waals surface area contributed by atoms with E-state index < -0.39 is 29.7 Å². The summed E-state index contributed by atoms with van der Waals surface area (Å²) in [5.41, 5.74) is 0. The zero-order valence-corrected chi connectivity index (χ0v) is 8.97. The number of carboxylic acid groups (broad SMARTS) is 1. The number of carbonyl (C=O) groups is 4. The number of rotatable bonds is 3. The molecule has 1 saturated heterocycles. The molecule has 0 aromatic carbocycles. The average molecular weight is 228 g/mol. The third-order valence-electron chi connectivity index (χ3n) is 2.29. The minimum atomic E-state index is -1.14. The Morgan fingerprint density at radius 3 is 2.38 bits per heavy atom. The second-order valence-corrected chi connectivity index (χ2v) is 3.70. The number of amides is 4. The maximum absolute atomic E-state index is 11.5. The molecule has 7 heteroatoms. The molecule has 0 bridgehead atoms. The Bertz CT molecular complexity index is 365. The first kappa shape index (κ1) is 12.2. The average Bonchev–Trinajstić information content (AvgIpc) is 2.40. The molecule has 1 unspecified atom stereocenters. The van der Waals surface area contributed by atoms with Crippen LogP contribution in [0.1, 0.15) is 13.3 Å². The Kier molecular flexibility index (Phi) is 3.26. The molecule has 1 aliphatic rings. The molecular formula is C9H12N2O5. The van der Waals surface area contributed by atoms with Crippen LogP contribution in [-0.2, 0) is 14.4 Å². The molecule has 0 saturated carbocycles. The van der Waals surface area contributed by atoms with Crippen molar-refractivity contribution in [2.45, 2.75) is 13.3 Å². The topological polar surface area (TPSA) is 95.0 Å². The number of urea groups is 1. The molecule has 7 nitrogen and oxygen atoms in total. The lowest BCUT2D eigenvalue weighted by Crippen LogP contribution is -2.38. The molecule has 4 amide bonds. The number of imide groups is 3. The van der Waals surface area contributed by atoms with Gasteiger partial charge < -0.3 is 10.0 Å². The van der Waals surface area contributed by atoms with Gasteiger partial charge in [-0.2, -0.15) is 4.90 Å². The van der Waals surface area contributed by atoms with Crippen molar-refractivity contribution in [3.63, 3.8) is 0 Å². The lowest BCUT2D eigenvalue weighted by Gasteiger charge is -2.13. The summed E-state index contributed by atoms with van der Waals surface area (Å²) in [6.07, 6.45) is -0.360. The van der Waals surface area contributed by atoms with Gasteiger partial charge >= 0.3 is 12.0 Å². The molecule has 16 heavy (non-hydrogen) atoms. The van der Waals surface area contributed by atoms with Gasteiger partial charge in [0.1, 0.15) is 6.54 Å². The van der Waals surface area contributed by atoms with E-state index >= 15 is 0 Å². The van der Waals surface area contributed by atoms with Crippen molar-refractivity contribution in [3.8, 4) is 0 Å². The number of aliphatic carboxylic acids is 1. The van der Waals surface area contributed by atoms with E-state index in [2.05, 4.69) is 0 Å². The summed E-state index contributed by atoms with van der Waals surface area (Å²) in [5, 5.41) is 8.61. The number of carbonyl (C=O) groups excluding carboxylic acids is 3. The molecule has 0 aromatic rings. The molecule has 1 rings (SSSR count). The molecule has 1 fully saturated rings. The Morgan fingerprint density at radius 2 is 2.00 bits per heavy atom. The van der Waals surface area contributed by atoms with E-state index in [1.165, 1.54) is 14.0 Å². The van der Waals surface area contributed by atoms with Crippen molar-refractivity contribution in [1.29, 1.82) is 0 Å². The highest BCUT2D eigenvalue weighted by molar-refractivity contribution is 6.15. The van der Waals surface area contributed by atoms with Crippen LogP contribution in [0.2, 0.25) is 0 Å². The highest BCUT2D eigenvalue weighted by Gasteiger charge is 2.39. The molecule has 1 atom stereocenters. The van der Waals surface area contributed by atoms with Gasteiger partial charge in [-0.3, -0.25) is 14.4 Å². The molecule has 0 spiro atoms. The maximum atomic E-state index is 11.5. The molecule has 0 radical (unpaired) electrons. The summed E-state index contributed by atoms with van der Waals surface area (Å²) in [7, 11) is 1.40. The van der Waals surface area contributed by atoms with Crippen LogP contribution < -0.4 is 0 Å². The van der Waals surface area contributed by atoms with Crippen LogP contribution in [-0.4, -0.2) is 52.3 Å². The van der Waals surface area contributed by atoms with E-state index in [0.717, 1.165) is 4.90 Å². The predicted molar refractivity (Wildman–Crippen MR) is 51.3 cm³/mol. The Labute approximate surface area is 91.6 Å². The fourth-order valence-electron chi connectivity index (χ4n) is 1.30. The third kappa shape index (κ3) is 2.18. The summed E-state index contributed by atoms with van der Waals surface area (Å²) in [6, 6.07) is -0.701. The molecule has 1 aliphatic heterocycles. The maximum Gasteiger partial charge on any atom is 0.333 e. The lowest BCUT2D eigenvalue weighted by atomic mass is 10.1. The quantitative estimate of drug-likeness (QED) is 0.658. The predicted octanol–water partition coefficient (Wildman–Crippen LogP) is -0.482. The number of hydrogen-bond donors (Lipinski definition) is 1. The molecule has 1 heterocycles. The van der Waals surface area contributed by atoms with Gasteiger partial charge in [-0.25, -0.2) is 4.79 Å². The zero-order chi connectivity index (χ0) is 12.5. The first-order valence-electron chi connectivity index (χ1n) is 4.68. The van der Waals surface area contributed by atoms with E-state index in [4.69, 9.17) is 5.11 Å². The SMILES string of the molecule is CC(CC(=O)N1C(=O)CN(C)C1=O)C(=O)O. The van der Waals surface area contributed by atoms with E-state index in [9.17, 15) is 19.2 Å². The minimum absolute atomic E-state index is 0.147. The van der Waals surface area contributed by atoms with Gasteiger partial charge in [0.15, 0.2) is 0 Å². The largest absolute Gasteiger partial charge is 0.481 e. The first-order chi connectivity index (χ1) is 7.34. The van der Waals surface area contributed by atoms with Crippen molar-refractivity contribution in [1.82, 2.24) is 9.80 Å². The number of nitrogens with zero attached hydrogens (tertiary/aromatic N) is 2. The standard InChI is InChI=1S/C9H12N2O5/c1-5(8(14)15)3-6(12)11-7(13)4-10(2)9(11)16/h5H,3-4H2,1-2H3,(H,14,15). The highest BCUT2D eigenvalue weighted by Crippen LogP contribution is 2.13. The van der Waals surface area contributed by atoms with Crippen LogP contribution in [0.5, 0.6) is 0 Å². The van der Waals surface area contributed by atoms with Crippen LogP contribution in [0.3, 0.4) is 0 Å². The Hall–Kier alpha value is -1.92. The second kappa shape index (κ2) is 4.30. The second-order valence-electron chi connectivity index (χ2n) is 3.70. The van der Waals surface area contributed by atoms with Gasteiger partial charge in [-0.15, -0.1) is 0 Å². The van der Waals surface area contributed by atoms with Crippen molar-refractivity contribution in [2.24, 2.45) is 5.92 Å². The molecule has 0 aromatic heterocycles. The number of hydrogen-bond acceptors (Lipinski definition) is 4. The Morgan fingerprint density at radius 1 is 1.44 bits per heavy atom. The van der Waals surface area contributed by atoms with Crippen molar-refractivity contribution >= 4 is 23.8 Å². The van der Waals surface area contributed by atoms with E-state index in [0.29, 0.717) is 4.90 Å². The summed E-state index contributed by atoms with van der Waals surface area (Å²) in [5.74, 6) is -3.44. The van der Waals surface area contributed by atoms with Crippen LogP contribution in [0.25, 0.3) is 0 Å². The number of carboxylic acids is 1. The van der Waals surface area contributed by atoms with Gasteiger partial charge in [0.05, 0.1) is 5.92 Å². The van der Waals surface area contributed by atoms with Crippen molar-refractivity contribution in [3.05, 3.63) is 0 Å². The monoisotopic (exact) mass is 228 g/mol. The van der Waals surface area contributed by atoms with Gasteiger partial charge in [-0.05, 0) is 0 Å². The summed E-state index contributed by atoms with van der Waals surface area (Å²) >= 11 is 0. The molecule has 0 aliphatic carbocycles. The smallest absolute Gasteiger partial charge is 0.333 e. The van der Waals surface area contributed by atoms with Gasteiger partial charge in [0.25, 0.3) is 5.91 Å². The minimum Gasteiger partial charge on any atom is -0.481 e. The van der Waals surface area contributed by atoms with Crippen molar-refractivity contribution < 1.29 is 24.3 Å². The van der Waals surface area contributed by atoms with Gasteiger partial charge in [0, 0.05) is 13.5 Å². The normalized spacial score (nSPS) is 17.9. The van der Waals surface area contributed by atoms with Crippen LogP contribution >= 0.6 is 0 Å². The summed E-state index contributed by atoms with van der Waals surface area (Å²) in [4.78, 5) is 46.3. The first-order valence-corrected chi connectivity index (χ1v) is 4.68. The van der Waals surface area contributed by atoms with Crippen molar-refractivity contribution in [2.75, 3.05) is 13.6 Å². The van der Waals surface area contributed by atoms with Gasteiger partial charge in [-0.1, -0.05) is 6.92 Å². The van der Waals surface area contributed by atoms with Crippen LogP contribution in [0.4, 0.5) is 4.79 Å². The fourth-order valence-corrected chi connectivity index (χ4v) is 1.30. The van der Waals surface area contributed by atoms with Crippen LogP contribution in [0, 0.1) is 5.92 Å². The summed E-state index contributed by atoms with van der Waals surface area (Å²) in [6.45, 7) is 1.20. The highest BCUT2D eigenvalue weighted by atomic mass is 16.4. The van der Waals surface area contributed by atoms with E-state index in [-0.39, 0.29) is 13.0 Å². The zero-order valence-electron chi connectivity index (χ0n) is 8.97. The van der Waals surface area contributed by atoms with Gasteiger partial charge in [0.2, 0.25) is 5.91 Å². The van der Waals surface area contributed by atoms with E-state index in [1.807, 2.05) is 0 Å². The lowest BCUT2D eigenvalue weighted by molar-refractivity contribution is -0.146. The number of likely N-dealkylation sites (N-methyl/N-ethyl adjacent to an activating group) is 1. The molecular weight excluding hydrogens is 216 g/mol. The Balaban J connectivity index is 2.71. The third-order valence-corrected chi connectivity index (χ3v) is 2.29. The fraction of sp³-hybridized carbons (Fsp3) is 0.556.